The molecule has 0 amide bonds. The zero-order valence-electron chi connectivity index (χ0n) is 11.2. The van der Waals surface area contributed by atoms with Gasteiger partial charge in [-0.15, -0.1) is 0 Å². The van der Waals surface area contributed by atoms with E-state index in [1.165, 1.54) is 0 Å². The second kappa shape index (κ2) is 6.52. The van der Waals surface area contributed by atoms with Crippen molar-refractivity contribution in [3.8, 4) is 5.75 Å². The average Bonchev–Trinajstić information content (AvgIpc) is 2.47. The predicted molar refractivity (Wildman–Crippen MR) is 78.7 cm³/mol. The number of rotatable bonds is 5. The quantitative estimate of drug-likeness (QED) is 0.644. The minimum Gasteiger partial charge on any atom is -0.508 e. The number of aromatic nitrogens is 1. The van der Waals surface area contributed by atoms with E-state index in [0.29, 0.717) is 12.0 Å². The van der Waals surface area contributed by atoms with Gasteiger partial charge in [0.2, 0.25) is 0 Å². The molecule has 0 aliphatic rings. The Labute approximate surface area is 117 Å². The molecule has 0 fully saturated rings. The van der Waals surface area contributed by atoms with Gasteiger partial charge in [-0.3, -0.25) is 9.78 Å². The Morgan fingerprint density at radius 2 is 2.05 bits per heavy atom. The maximum atomic E-state index is 12.1. The van der Waals surface area contributed by atoms with Crippen molar-refractivity contribution in [3.05, 3.63) is 66.1 Å². The summed E-state index contributed by atoms with van der Waals surface area (Å²) in [6.45, 7) is 1.96. The van der Waals surface area contributed by atoms with Gasteiger partial charge in [0.15, 0.2) is 5.78 Å². The van der Waals surface area contributed by atoms with Crippen LogP contribution in [-0.4, -0.2) is 15.9 Å². The van der Waals surface area contributed by atoms with Crippen molar-refractivity contribution >= 4 is 11.5 Å². The van der Waals surface area contributed by atoms with E-state index in [4.69, 9.17) is 0 Å². The number of carbonyl (C=O) groups excluding carboxylic acids is 1. The van der Waals surface area contributed by atoms with Crippen molar-refractivity contribution in [2.24, 2.45) is 0 Å². The molecule has 1 heterocycles. The molecule has 0 unspecified atom stereocenters. The molecule has 4 nitrogen and oxygen atoms in total. The summed E-state index contributed by atoms with van der Waals surface area (Å²) >= 11 is 0. The van der Waals surface area contributed by atoms with E-state index in [9.17, 15) is 9.90 Å². The second-order valence-corrected chi connectivity index (χ2v) is 4.30. The lowest BCUT2D eigenvalue weighted by molar-refractivity contribution is 0.104. The van der Waals surface area contributed by atoms with Crippen LogP contribution in [0.4, 0.5) is 5.69 Å². The Balaban J connectivity index is 2.16. The van der Waals surface area contributed by atoms with Gasteiger partial charge in [0.25, 0.3) is 0 Å². The van der Waals surface area contributed by atoms with Crippen molar-refractivity contribution in [1.82, 2.24) is 4.98 Å². The van der Waals surface area contributed by atoms with Gasteiger partial charge < -0.3 is 10.4 Å². The van der Waals surface area contributed by atoms with Crippen LogP contribution in [0, 0.1) is 0 Å². The highest BCUT2D eigenvalue weighted by molar-refractivity contribution is 6.05. The van der Waals surface area contributed by atoms with E-state index < -0.39 is 0 Å². The molecule has 2 rings (SSSR count). The number of aromatic hydroxyl groups is 1. The Morgan fingerprint density at radius 3 is 2.70 bits per heavy atom. The molecule has 2 N–H and O–H groups in total. The third-order valence-electron chi connectivity index (χ3n) is 2.80. The third kappa shape index (κ3) is 3.68. The van der Waals surface area contributed by atoms with Gasteiger partial charge in [-0.05, 0) is 30.7 Å². The number of hydrogen-bond donors (Lipinski definition) is 2. The summed E-state index contributed by atoms with van der Waals surface area (Å²) in [5.41, 5.74) is 2.14. The van der Waals surface area contributed by atoms with Crippen LogP contribution in [0.25, 0.3) is 0 Å². The Hall–Kier alpha value is -2.62. The molecule has 0 saturated carbocycles. The fraction of sp³-hybridized carbons (Fsp3) is 0.125. The van der Waals surface area contributed by atoms with Crippen LogP contribution in [0.3, 0.4) is 0 Å². The Morgan fingerprint density at radius 1 is 1.30 bits per heavy atom. The van der Waals surface area contributed by atoms with Gasteiger partial charge in [-0.25, -0.2) is 0 Å². The number of allylic oxidation sites excluding steroid dienone is 2. The minimum absolute atomic E-state index is 0.0723. The van der Waals surface area contributed by atoms with Gasteiger partial charge in [0, 0.05) is 41.5 Å². The number of benzene rings is 1. The number of nitrogens with zero attached hydrogens (tertiary/aromatic N) is 1. The zero-order chi connectivity index (χ0) is 14.4. The van der Waals surface area contributed by atoms with Crippen LogP contribution in [0.2, 0.25) is 0 Å². The Kier molecular flexibility index (Phi) is 4.50. The van der Waals surface area contributed by atoms with E-state index in [2.05, 4.69) is 10.3 Å². The topological polar surface area (TPSA) is 62.2 Å². The summed E-state index contributed by atoms with van der Waals surface area (Å²) in [6, 6.07) is 10.2. The van der Waals surface area contributed by atoms with Crippen LogP contribution in [0.15, 0.2) is 60.6 Å². The number of pyridine rings is 1. The maximum Gasteiger partial charge on any atom is 0.187 e. The predicted octanol–water partition coefficient (Wildman–Crippen LogP) is 3.38. The van der Waals surface area contributed by atoms with E-state index in [0.717, 1.165) is 11.4 Å². The fourth-order valence-corrected chi connectivity index (χ4v) is 1.75. The summed E-state index contributed by atoms with van der Waals surface area (Å²) in [7, 11) is 0. The first-order valence-corrected chi connectivity index (χ1v) is 6.40. The summed E-state index contributed by atoms with van der Waals surface area (Å²) in [5.74, 6) is 0.114. The number of carbonyl (C=O) groups is 1. The molecule has 2 aromatic rings. The van der Waals surface area contributed by atoms with Crippen LogP contribution in [0.5, 0.6) is 5.75 Å². The van der Waals surface area contributed by atoms with E-state index in [1.54, 1.807) is 48.8 Å². The highest BCUT2D eigenvalue weighted by Gasteiger charge is 2.04. The fourth-order valence-electron chi connectivity index (χ4n) is 1.75. The molecule has 102 valence electrons. The second-order valence-electron chi connectivity index (χ2n) is 4.30. The van der Waals surface area contributed by atoms with Gasteiger partial charge in [-0.2, -0.15) is 0 Å². The smallest absolute Gasteiger partial charge is 0.187 e. The van der Waals surface area contributed by atoms with Crippen LogP contribution in [0.1, 0.15) is 23.7 Å². The lowest BCUT2D eigenvalue weighted by atomic mass is 10.1. The van der Waals surface area contributed by atoms with Gasteiger partial charge in [-0.1, -0.05) is 13.0 Å². The number of nitrogens with one attached hydrogen (secondary N) is 1. The third-order valence-corrected chi connectivity index (χ3v) is 2.80. The molecule has 0 aliphatic carbocycles. The molecule has 0 atom stereocenters. The molecule has 0 aliphatic heterocycles. The number of anilines is 1. The Bertz CT molecular complexity index is 621. The molecule has 0 saturated heterocycles. The first-order valence-electron chi connectivity index (χ1n) is 6.40. The van der Waals surface area contributed by atoms with Crippen molar-refractivity contribution in [3.63, 3.8) is 0 Å². The highest BCUT2D eigenvalue weighted by Crippen LogP contribution is 2.18. The lowest BCUT2D eigenvalue weighted by Crippen LogP contribution is -2.03. The standard InChI is InChI=1S/C16H16N2O2/c1-2-13(18-14-4-3-5-15(19)10-14)11-16(20)12-6-8-17-9-7-12/h3-11,18-19H,2H2,1H3/b13-11-. The normalized spacial score (nSPS) is 11.2. The first kappa shape index (κ1) is 13.8. The van der Waals surface area contributed by atoms with Crippen molar-refractivity contribution in [2.45, 2.75) is 13.3 Å². The molecule has 20 heavy (non-hydrogen) atoms. The summed E-state index contributed by atoms with van der Waals surface area (Å²) < 4.78 is 0. The summed E-state index contributed by atoms with van der Waals surface area (Å²) in [5, 5.41) is 12.6. The largest absolute Gasteiger partial charge is 0.508 e. The number of ketones is 1. The zero-order valence-corrected chi connectivity index (χ0v) is 11.2. The molecule has 0 radical (unpaired) electrons. The maximum absolute atomic E-state index is 12.1. The molecular weight excluding hydrogens is 252 g/mol. The molecule has 0 bridgehead atoms. The number of phenols is 1. The lowest BCUT2D eigenvalue weighted by Gasteiger charge is -2.09. The van der Waals surface area contributed by atoms with Crippen LogP contribution >= 0.6 is 0 Å². The number of hydrogen-bond acceptors (Lipinski definition) is 4. The van der Waals surface area contributed by atoms with E-state index >= 15 is 0 Å². The SMILES string of the molecule is CC/C(=C/C(=O)c1ccncc1)Nc1cccc(O)c1. The van der Waals surface area contributed by atoms with Crippen molar-refractivity contribution < 1.29 is 9.90 Å². The molecule has 4 heteroatoms. The van der Waals surface area contributed by atoms with E-state index in [-0.39, 0.29) is 11.5 Å². The van der Waals surface area contributed by atoms with Crippen LogP contribution in [-0.2, 0) is 0 Å². The van der Waals surface area contributed by atoms with Crippen LogP contribution < -0.4 is 5.32 Å². The van der Waals surface area contributed by atoms with Gasteiger partial charge in [0.1, 0.15) is 5.75 Å². The summed E-state index contributed by atoms with van der Waals surface area (Å²) in [6.07, 6.45) is 5.44. The monoisotopic (exact) mass is 268 g/mol. The molecule has 1 aromatic heterocycles. The van der Waals surface area contributed by atoms with Gasteiger partial charge >= 0.3 is 0 Å². The highest BCUT2D eigenvalue weighted by atomic mass is 16.3. The van der Waals surface area contributed by atoms with Gasteiger partial charge in [0.05, 0.1) is 0 Å². The minimum atomic E-state index is -0.0723. The van der Waals surface area contributed by atoms with E-state index in [1.807, 2.05) is 13.0 Å². The molecule has 1 aromatic carbocycles. The molecule has 0 spiro atoms. The first-order chi connectivity index (χ1) is 9.69. The van der Waals surface area contributed by atoms with Crippen molar-refractivity contribution in [2.75, 3.05) is 5.32 Å². The van der Waals surface area contributed by atoms with Crippen molar-refractivity contribution in [1.29, 1.82) is 0 Å². The average molecular weight is 268 g/mol. The number of phenolic OH excluding ortho intramolecular Hbond substituents is 1. The molecular formula is C16H16N2O2. The summed E-state index contributed by atoms with van der Waals surface area (Å²) in [4.78, 5) is 16.0.